The van der Waals surface area contributed by atoms with Crippen LogP contribution in [0.25, 0.3) is 0 Å². The molecule has 7 heteroatoms. The second-order valence-corrected chi connectivity index (χ2v) is 8.49. The molecule has 0 bridgehead atoms. The van der Waals surface area contributed by atoms with Gasteiger partial charge in [-0.15, -0.1) is 11.8 Å². The number of thioether (sulfide) groups is 1. The average Bonchev–Trinajstić information content (AvgIpc) is 2.70. The molecule has 1 aromatic rings. The molecule has 1 aromatic carbocycles. The number of carbonyl (C=O) groups excluding carboxylic acids is 2. The average molecular weight is 348 g/mol. The zero-order chi connectivity index (χ0) is 17.7. The van der Waals surface area contributed by atoms with Gasteiger partial charge in [0.05, 0.1) is 22.5 Å². The number of carboxylic acids is 1. The van der Waals surface area contributed by atoms with Gasteiger partial charge in [-0.1, -0.05) is 30.3 Å². The number of β-lactam (4-membered cyclic amide) rings is 1. The number of aliphatic carboxylic acids is 1. The summed E-state index contributed by atoms with van der Waals surface area (Å²) in [5, 5.41) is 12.4. The van der Waals surface area contributed by atoms with Crippen molar-refractivity contribution < 1.29 is 19.5 Å². The first-order valence-electron chi connectivity index (χ1n) is 7.81. The summed E-state index contributed by atoms with van der Waals surface area (Å²) in [5.41, 5.74) is -0.928. The lowest BCUT2D eigenvalue weighted by molar-refractivity contribution is -0.173. The highest BCUT2D eigenvalue weighted by molar-refractivity contribution is 8.01. The Kier molecular flexibility index (Phi) is 3.86. The largest absolute Gasteiger partial charge is 0.478 e. The fraction of sp³-hybridized carbons (Fsp3) is 0.471. The molecular weight excluding hydrogens is 328 g/mol. The van der Waals surface area contributed by atoms with E-state index in [-0.39, 0.29) is 11.3 Å². The summed E-state index contributed by atoms with van der Waals surface area (Å²) in [4.78, 5) is 38.3. The van der Waals surface area contributed by atoms with Gasteiger partial charge in [-0.25, -0.2) is 4.79 Å². The third-order valence-corrected chi connectivity index (χ3v) is 6.41. The Morgan fingerprint density at radius 3 is 2.50 bits per heavy atom. The summed E-state index contributed by atoms with van der Waals surface area (Å²) in [6.45, 7) is 5.24. The maximum absolute atomic E-state index is 12.8. The number of nitrogens with one attached hydrogen (secondary N) is 1. The molecule has 2 aliphatic heterocycles. The highest BCUT2D eigenvalue weighted by atomic mass is 32.2. The van der Waals surface area contributed by atoms with Crippen LogP contribution in [0.2, 0.25) is 0 Å². The van der Waals surface area contributed by atoms with Crippen molar-refractivity contribution in [1.29, 1.82) is 0 Å². The van der Waals surface area contributed by atoms with E-state index in [2.05, 4.69) is 5.32 Å². The molecule has 2 N–H and O–H groups in total. The van der Waals surface area contributed by atoms with E-state index < -0.39 is 28.2 Å². The van der Waals surface area contributed by atoms with E-state index in [9.17, 15) is 19.5 Å². The van der Waals surface area contributed by atoms with Crippen molar-refractivity contribution in [3.63, 3.8) is 0 Å². The van der Waals surface area contributed by atoms with Crippen molar-refractivity contribution in [2.45, 2.75) is 48.9 Å². The predicted molar refractivity (Wildman–Crippen MR) is 90.3 cm³/mol. The van der Waals surface area contributed by atoms with Crippen molar-refractivity contribution in [3.8, 4) is 0 Å². The molecule has 3 rings (SSSR count). The molecule has 2 fully saturated rings. The van der Waals surface area contributed by atoms with Gasteiger partial charge in [0.1, 0.15) is 0 Å². The van der Waals surface area contributed by atoms with E-state index in [0.717, 1.165) is 5.56 Å². The first-order chi connectivity index (χ1) is 11.2. The molecule has 2 heterocycles. The number of rotatable bonds is 4. The molecule has 0 aromatic heterocycles. The topological polar surface area (TPSA) is 86.7 Å². The van der Waals surface area contributed by atoms with E-state index in [1.807, 2.05) is 30.3 Å². The van der Waals surface area contributed by atoms with Gasteiger partial charge in [0.25, 0.3) is 0 Å². The number of carbonyl (C=O) groups is 3. The Morgan fingerprint density at radius 2 is 1.96 bits per heavy atom. The monoisotopic (exact) mass is 348 g/mol. The highest BCUT2D eigenvalue weighted by Gasteiger charge is 2.70. The second kappa shape index (κ2) is 5.51. The maximum atomic E-state index is 12.8. The van der Waals surface area contributed by atoms with Crippen molar-refractivity contribution in [3.05, 3.63) is 35.9 Å². The van der Waals surface area contributed by atoms with Gasteiger partial charge in [-0.2, -0.15) is 0 Å². The molecule has 2 aliphatic rings. The van der Waals surface area contributed by atoms with Crippen LogP contribution in [0.5, 0.6) is 0 Å². The minimum Gasteiger partial charge on any atom is -0.478 e. The molecule has 1 unspecified atom stereocenters. The van der Waals surface area contributed by atoms with Crippen molar-refractivity contribution in [2.75, 3.05) is 0 Å². The summed E-state index contributed by atoms with van der Waals surface area (Å²) in [6.07, 6.45) is 0.313. The van der Waals surface area contributed by atoms with Crippen LogP contribution < -0.4 is 5.32 Å². The standard InChI is InChI=1S/C17H20N2O4S/c1-10(11-7-5-4-6-8-11)14(21)18-17(15(22)23)16(2,3)24-13-9-12(20)19(13)17/h4-8,10,13H,9H2,1-3H3,(H,18,21)(H,22,23)/t10?,13-,17+/m1/s1. The minimum atomic E-state index is -1.72. The van der Waals surface area contributed by atoms with Crippen molar-refractivity contribution in [1.82, 2.24) is 10.2 Å². The van der Waals surface area contributed by atoms with Crippen LogP contribution in [-0.4, -0.2) is 43.6 Å². The minimum absolute atomic E-state index is 0.198. The summed E-state index contributed by atoms with van der Waals surface area (Å²) in [6, 6.07) is 9.16. The molecule has 2 saturated heterocycles. The van der Waals surface area contributed by atoms with Crippen LogP contribution in [-0.2, 0) is 14.4 Å². The van der Waals surface area contributed by atoms with Gasteiger partial charge in [-0.3, -0.25) is 14.5 Å². The normalized spacial score (nSPS) is 28.7. The van der Waals surface area contributed by atoms with Crippen LogP contribution in [0.1, 0.15) is 38.7 Å². The van der Waals surface area contributed by atoms with Crippen LogP contribution in [0, 0.1) is 0 Å². The molecule has 24 heavy (non-hydrogen) atoms. The first-order valence-corrected chi connectivity index (χ1v) is 8.69. The van der Waals surface area contributed by atoms with Crippen LogP contribution in [0.4, 0.5) is 0 Å². The van der Waals surface area contributed by atoms with Gasteiger partial charge in [-0.05, 0) is 26.3 Å². The third kappa shape index (κ3) is 2.22. The molecule has 128 valence electrons. The van der Waals surface area contributed by atoms with Crippen LogP contribution >= 0.6 is 11.8 Å². The fourth-order valence-electron chi connectivity index (χ4n) is 3.40. The maximum Gasteiger partial charge on any atom is 0.352 e. The molecule has 0 aliphatic carbocycles. The first kappa shape index (κ1) is 16.8. The summed E-state index contributed by atoms with van der Waals surface area (Å²) in [7, 11) is 0. The Labute approximate surface area is 144 Å². The number of amides is 2. The number of hydrogen-bond donors (Lipinski definition) is 2. The van der Waals surface area contributed by atoms with Gasteiger partial charge < -0.3 is 10.4 Å². The molecule has 0 spiro atoms. The zero-order valence-corrected chi connectivity index (χ0v) is 14.6. The third-order valence-electron chi connectivity index (χ3n) is 4.88. The van der Waals surface area contributed by atoms with E-state index in [0.29, 0.717) is 6.42 Å². The number of nitrogens with zero attached hydrogens (tertiary/aromatic N) is 1. The summed E-state index contributed by atoms with van der Waals surface area (Å²) < 4.78 is -0.832. The van der Waals surface area contributed by atoms with Gasteiger partial charge in [0.2, 0.25) is 17.5 Å². The quantitative estimate of drug-likeness (QED) is 0.810. The SMILES string of the molecule is CC(C(=O)N[C@@]1(C(=O)O)N2C(=O)C[C@H]2SC1(C)C)c1ccccc1. The van der Waals surface area contributed by atoms with E-state index in [4.69, 9.17) is 0 Å². The molecule has 3 atom stereocenters. The Balaban J connectivity index is 1.93. The van der Waals surface area contributed by atoms with E-state index in [1.165, 1.54) is 16.7 Å². The van der Waals surface area contributed by atoms with Gasteiger partial charge in [0.15, 0.2) is 0 Å². The summed E-state index contributed by atoms with van der Waals surface area (Å²) in [5.74, 6) is -2.37. The van der Waals surface area contributed by atoms with Gasteiger partial charge >= 0.3 is 5.97 Å². The van der Waals surface area contributed by atoms with E-state index >= 15 is 0 Å². The zero-order valence-electron chi connectivity index (χ0n) is 13.8. The fourth-order valence-corrected chi connectivity index (χ4v) is 5.10. The van der Waals surface area contributed by atoms with Crippen molar-refractivity contribution >= 4 is 29.5 Å². The Hall–Kier alpha value is -2.02. The van der Waals surface area contributed by atoms with E-state index in [1.54, 1.807) is 20.8 Å². The molecule has 6 nitrogen and oxygen atoms in total. The molecule has 2 amide bonds. The second-order valence-electron chi connectivity index (χ2n) is 6.69. The van der Waals surface area contributed by atoms with Gasteiger partial charge in [0, 0.05) is 0 Å². The number of fused-ring (bicyclic) bond motifs is 1. The lowest BCUT2D eigenvalue weighted by atomic mass is 9.88. The van der Waals surface area contributed by atoms with Crippen LogP contribution in [0.15, 0.2) is 30.3 Å². The molecular formula is C17H20N2O4S. The molecule has 0 saturated carbocycles. The lowest BCUT2D eigenvalue weighted by Gasteiger charge is -2.46. The number of benzene rings is 1. The summed E-state index contributed by atoms with van der Waals surface area (Å²) >= 11 is 1.42. The smallest absolute Gasteiger partial charge is 0.352 e. The highest BCUT2D eigenvalue weighted by Crippen LogP contribution is 2.55. The van der Waals surface area contributed by atoms with Crippen molar-refractivity contribution in [2.24, 2.45) is 0 Å². The number of hydrogen-bond acceptors (Lipinski definition) is 4. The number of carboxylic acid groups (broad SMARTS) is 1. The Morgan fingerprint density at radius 1 is 1.33 bits per heavy atom. The predicted octanol–water partition coefficient (Wildman–Crippen LogP) is 1.77. The molecule has 0 radical (unpaired) electrons. The Bertz CT molecular complexity index is 706. The van der Waals surface area contributed by atoms with Crippen LogP contribution in [0.3, 0.4) is 0 Å². The lowest BCUT2D eigenvalue weighted by Crippen LogP contribution is -2.75.